The van der Waals surface area contributed by atoms with Gasteiger partial charge in [0.05, 0.1) is 19.9 Å². The summed E-state index contributed by atoms with van der Waals surface area (Å²) in [5.41, 5.74) is 3.26. The van der Waals surface area contributed by atoms with Crippen molar-refractivity contribution < 1.29 is 27.2 Å². The number of aromatic nitrogens is 2. The maximum atomic E-state index is 13.4. The lowest BCUT2D eigenvalue weighted by atomic mass is 10.1. The molecule has 1 N–H and O–H groups in total. The van der Waals surface area contributed by atoms with Crippen molar-refractivity contribution in [3.8, 4) is 35.1 Å². The molecule has 5 rings (SSSR count). The molecular weight excluding hydrogens is 546 g/mol. The standard InChI is InChI=1S/C29H29N5O6S/c1-5-19-10-11-23(38-3)25(16-19)41(36,37)32-28-27-24(39-4)18-22(30-29(27)40-31-28)20-8-7-9-21(17-20)33-12-14-34(15-13-33)26(35)6-2/h2,7-11,16-18H,5,12-15H2,1,3-4H3,(H,31,32). The molecule has 41 heavy (non-hydrogen) atoms. The Morgan fingerprint density at radius 2 is 1.83 bits per heavy atom. The van der Waals surface area contributed by atoms with Gasteiger partial charge in [-0.15, -0.1) is 6.42 Å². The van der Waals surface area contributed by atoms with Crippen LogP contribution in [0.4, 0.5) is 11.5 Å². The van der Waals surface area contributed by atoms with Crippen molar-refractivity contribution in [3.63, 3.8) is 0 Å². The molecule has 212 valence electrons. The summed E-state index contributed by atoms with van der Waals surface area (Å²) < 4.78 is 45.6. The van der Waals surface area contributed by atoms with Gasteiger partial charge in [-0.1, -0.05) is 30.3 Å². The smallest absolute Gasteiger partial charge is 0.298 e. The molecule has 1 fully saturated rings. The molecule has 0 atom stereocenters. The van der Waals surface area contributed by atoms with Crippen LogP contribution in [-0.4, -0.2) is 69.8 Å². The summed E-state index contributed by atoms with van der Waals surface area (Å²) in [6, 6.07) is 14.5. The van der Waals surface area contributed by atoms with Gasteiger partial charge in [-0.25, -0.2) is 13.4 Å². The zero-order valence-corrected chi connectivity index (χ0v) is 23.7. The Kier molecular flexibility index (Phi) is 7.72. The van der Waals surface area contributed by atoms with Crippen molar-refractivity contribution in [2.24, 2.45) is 0 Å². The van der Waals surface area contributed by atoms with Crippen LogP contribution in [0.3, 0.4) is 0 Å². The number of piperazine rings is 1. The third kappa shape index (κ3) is 5.49. The number of terminal acetylenes is 1. The number of aryl methyl sites for hydroxylation is 1. The molecule has 0 spiro atoms. The van der Waals surface area contributed by atoms with Gasteiger partial charge in [-0.2, -0.15) is 0 Å². The summed E-state index contributed by atoms with van der Waals surface area (Å²) in [6.07, 6.45) is 5.91. The Morgan fingerprint density at radius 1 is 1.07 bits per heavy atom. The Bertz CT molecular complexity index is 1750. The van der Waals surface area contributed by atoms with Crippen molar-refractivity contribution in [3.05, 3.63) is 54.1 Å². The normalized spacial score (nSPS) is 13.6. The summed E-state index contributed by atoms with van der Waals surface area (Å²) in [5, 5.41) is 4.25. The second kappa shape index (κ2) is 11.4. The Hall–Kier alpha value is -4.76. The first-order valence-corrected chi connectivity index (χ1v) is 14.4. The van der Waals surface area contributed by atoms with Crippen LogP contribution in [0.1, 0.15) is 12.5 Å². The first-order chi connectivity index (χ1) is 19.8. The summed E-state index contributed by atoms with van der Waals surface area (Å²) in [5.74, 6) is 2.36. The van der Waals surface area contributed by atoms with E-state index >= 15 is 0 Å². The van der Waals surface area contributed by atoms with Crippen molar-refractivity contribution in [2.45, 2.75) is 18.2 Å². The summed E-state index contributed by atoms with van der Waals surface area (Å²) in [4.78, 5) is 20.2. The number of carbonyl (C=O) groups is 1. The van der Waals surface area contributed by atoms with Crippen LogP contribution in [0.2, 0.25) is 0 Å². The number of nitrogens with one attached hydrogen (secondary N) is 1. The number of ether oxygens (including phenoxy) is 2. The summed E-state index contributed by atoms with van der Waals surface area (Å²) >= 11 is 0. The van der Waals surface area contributed by atoms with Crippen LogP contribution in [-0.2, 0) is 21.2 Å². The van der Waals surface area contributed by atoms with Crippen molar-refractivity contribution in [1.82, 2.24) is 15.0 Å². The van der Waals surface area contributed by atoms with Gasteiger partial charge in [0.2, 0.25) is 0 Å². The molecule has 0 bridgehead atoms. The van der Waals surface area contributed by atoms with E-state index in [2.05, 4.69) is 25.7 Å². The molecule has 2 aromatic heterocycles. The fourth-order valence-electron chi connectivity index (χ4n) is 4.75. The number of fused-ring (bicyclic) bond motifs is 1. The molecule has 2 aromatic carbocycles. The Balaban J connectivity index is 1.45. The van der Waals surface area contributed by atoms with E-state index in [1.807, 2.05) is 37.3 Å². The number of pyridine rings is 1. The number of hydrogen-bond acceptors (Lipinski definition) is 9. The van der Waals surface area contributed by atoms with Gasteiger partial charge in [0.1, 0.15) is 21.8 Å². The Labute approximate surface area is 238 Å². The van der Waals surface area contributed by atoms with Gasteiger partial charge < -0.3 is 23.8 Å². The molecule has 0 radical (unpaired) electrons. The lowest BCUT2D eigenvalue weighted by Gasteiger charge is -2.35. The van der Waals surface area contributed by atoms with E-state index in [1.54, 1.807) is 23.1 Å². The maximum absolute atomic E-state index is 13.4. The number of amides is 1. The fourth-order valence-corrected chi connectivity index (χ4v) is 5.98. The number of methoxy groups -OCH3 is 2. The first-order valence-electron chi connectivity index (χ1n) is 12.9. The summed E-state index contributed by atoms with van der Waals surface area (Å²) in [7, 11) is -1.20. The topological polar surface area (TPSA) is 127 Å². The van der Waals surface area contributed by atoms with E-state index in [-0.39, 0.29) is 33.5 Å². The highest BCUT2D eigenvalue weighted by atomic mass is 32.2. The summed E-state index contributed by atoms with van der Waals surface area (Å²) in [6.45, 7) is 4.30. The quantitative estimate of drug-likeness (QED) is 0.314. The minimum Gasteiger partial charge on any atom is -0.496 e. The Morgan fingerprint density at radius 3 is 2.51 bits per heavy atom. The molecule has 0 aliphatic carbocycles. The zero-order chi connectivity index (χ0) is 29.1. The molecule has 1 aliphatic rings. The molecule has 1 amide bonds. The largest absolute Gasteiger partial charge is 0.496 e. The van der Waals surface area contributed by atoms with E-state index in [0.717, 1.165) is 16.8 Å². The number of sulfonamides is 1. The van der Waals surface area contributed by atoms with Crippen molar-refractivity contribution in [1.29, 1.82) is 0 Å². The van der Waals surface area contributed by atoms with Gasteiger partial charge in [0, 0.05) is 43.5 Å². The minimum atomic E-state index is -4.09. The zero-order valence-electron chi connectivity index (χ0n) is 22.9. The maximum Gasteiger partial charge on any atom is 0.298 e. The number of rotatable bonds is 8. The number of hydrogen-bond donors (Lipinski definition) is 1. The van der Waals surface area contributed by atoms with E-state index in [1.165, 1.54) is 14.2 Å². The van der Waals surface area contributed by atoms with Crippen LogP contribution in [0.15, 0.2) is 57.9 Å². The highest BCUT2D eigenvalue weighted by Crippen LogP contribution is 2.37. The van der Waals surface area contributed by atoms with E-state index < -0.39 is 10.0 Å². The van der Waals surface area contributed by atoms with Gasteiger partial charge in [-0.05, 0) is 42.2 Å². The molecule has 1 saturated heterocycles. The molecule has 1 aliphatic heterocycles. The second-order valence-corrected chi connectivity index (χ2v) is 11.0. The number of carbonyl (C=O) groups excluding carboxylic acids is 1. The predicted molar refractivity (Wildman–Crippen MR) is 155 cm³/mol. The average molecular weight is 576 g/mol. The SMILES string of the molecule is C#CC(=O)N1CCN(c2cccc(-c3cc(OC)c4c(NS(=O)(=O)c5cc(CC)ccc5OC)noc4n3)c2)CC1. The monoisotopic (exact) mass is 575 g/mol. The molecule has 3 heterocycles. The van der Waals surface area contributed by atoms with Gasteiger partial charge >= 0.3 is 0 Å². The predicted octanol–water partition coefficient (Wildman–Crippen LogP) is 3.55. The van der Waals surface area contributed by atoms with Crippen LogP contribution in [0.5, 0.6) is 11.5 Å². The second-order valence-electron chi connectivity index (χ2n) is 9.34. The van der Waals surface area contributed by atoms with E-state index in [0.29, 0.717) is 44.0 Å². The molecule has 0 saturated carbocycles. The number of nitrogens with zero attached hydrogens (tertiary/aromatic N) is 4. The van der Waals surface area contributed by atoms with Gasteiger partial charge in [0.15, 0.2) is 5.82 Å². The highest BCUT2D eigenvalue weighted by Gasteiger charge is 2.26. The highest BCUT2D eigenvalue weighted by molar-refractivity contribution is 7.92. The van der Waals surface area contributed by atoms with Crippen LogP contribution in [0.25, 0.3) is 22.4 Å². The van der Waals surface area contributed by atoms with E-state index in [9.17, 15) is 13.2 Å². The molecule has 0 unspecified atom stereocenters. The van der Waals surface area contributed by atoms with Gasteiger partial charge in [0.25, 0.3) is 21.6 Å². The lowest BCUT2D eigenvalue weighted by molar-refractivity contribution is -0.125. The third-order valence-electron chi connectivity index (χ3n) is 6.98. The molecule has 12 heteroatoms. The minimum absolute atomic E-state index is 0.0136. The average Bonchev–Trinajstić information content (AvgIpc) is 3.41. The van der Waals surface area contributed by atoms with Crippen LogP contribution < -0.4 is 19.1 Å². The van der Waals surface area contributed by atoms with Gasteiger partial charge in [-0.3, -0.25) is 9.52 Å². The number of benzene rings is 2. The van der Waals surface area contributed by atoms with Crippen molar-refractivity contribution >= 4 is 38.5 Å². The fraction of sp³-hybridized carbons (Fsp3) is 0.276. The number of anilines is 2. The first kappa shape index (κ1) is 27.8. The molecular formula is C29H29N5O6S. The lowest BCUT2D eigenvalue weighted by Crippen LogP contribution is -2.48. The van der Waals surface area contributed by atoms with E-state index in [4.69, 9.17) is 20.4 Å². The van der Waals surface area contributed by atoms with Crippen LogP contribution in [0, 0.1) is 12.3 Å². The molecule has 11 nitrogen and oxygen atoms in total. The molecule has 4 aromatic rings. The van der Waals surface area contributed by atoms with Crippen LogP contribution >= 0.6 is 0 Å². The third-order valence-corrected chi connectivity index (χ3v) is 8.34. The van der Waals surface area contributed by atoms with Crippen molar-refractivity contribution in [2.75, 3.05) is 50.0 Å².